The van der Waals surface area contributed by atoms with Crippen molar-refractivity contribution >= 4 is 77.4 Å². The Kier molecular flexibility index (Phi) is 7.40. The Hall–Kier alpha value is -0.970. The second-order valence-electron chi connectivity index (χ2n) is 5.38. The maximum absolute atomic E-state index is 13.5. The van der Waals surface area contributed by atoms with E-state index in [9.17, 15) is 4.57 Å². The molecule has 0 saturated carbocycles. The summed E-state index contributed by atoms with van der Waals surface area (Å²) in [5.41, 5.74) is 0. The van der Waals surface area contributed by atoms with E-state index < -0.39 is 7.82 Å². The highest BCUT2D eigenvalue weighted by Crippen LogP contribution is 2.54. The molecular formula is C18H9Cl6O4P. The second-order valence-corrected chi connectivity index (χ2v) is 9.17. The van der Waals surface area contributed by atoms with Crippen LogP contribution < -0.4 is 13.6 Å². The largest absolute Gasteiger partial charge is 0.647 e. The van der Waals surface area contributed by atoms with Crippen molar-refractivity contribution in [1.82, 2.24) is 0 Å². The van der Waals surface area contributed by atoms with Crippen LogP contribution in [0.5, 0.6) is 17.2 Å². The molecule has 3 aromatic carbocycles. The number of hydrogen-bond donors (Lipinski definition) is 0. The lowest BCUT2D eigenvalue weighted by Crippen LogP contribution is -2.08. The number of halogens is 6. The first-order chi connectivity index (χ1) is 13.7. The van der Waals surface area contributed by atoms with Crippen LogP contribution >= 0.6 is 77.4 Å². The van der Waals surface area contributed by atoms with Crippen molar-refractivity contribution < 1.29 is 18.1 Å². The zero-order chi connectivity index (χ0) is 21.2. The molecule has 0 radical (unpaired) electrons. The zero-order valence-corrected chi connectivity index (χ0v) is 19.5. The Morgan fingerprint density at radius 2 is 0.793 bits per heavy atom. The van der Waals surface area contributed by atoms with E-state index in [2.05, 4.69) is 0 Å². The molecule has 0 heterocycles. The van der Waals surface area contributed by atoms with E-state index in [0.717, 1.165) is 0 Å². The van der Waals surface area contributed by atoms with E-state index in [-0.39, 0.29) is 47.4 Å². The number of benzene rings is 3. The van der Waals surface area contributed by atoms with Crippen molar-refractivity contribution in [1.29, 1.82) is 0 Å². The van der Waals surface area contributed by atoms with Crippen molar-refractivity contribution in [2.75, 3.05) is 0 Å². The molecule has 0 spiro atoms. The third-order valence-corrected chi connectivity index (χ3v) is 7.04. The van der Waals surface area contributed by atoms with Gasteiger partial charge in [-0.3, -0.25) is 0 Å². The van der Waals surface area contributed by atoms with Gasteiger partial charge in [0.15, 0.2) is 17.2 Å². The molecule has 0 aromatic heterocycles. The topological polar surface area (TPSA) is 44.8 Å². The lowest BCUT2D eigenvalue weighted by molar-refractivity contribution is 0.298. The molecule has 0 fully saturated rings. The number of phosphoric ester groups is 1. The summed E-state index contributed by atoms with van der Waals surface area (Å²) < 4.78 is 30.0. The van der Waals surface area contributed by atoms with E-state index in [0.29, 0.717) is 0 Å². The van der Waals surface area contributed by atoms with Crippen molar-refractivity contribution in [2.24, 2.45) is 0 Å². The number of phosphoric acid groups is 1. The first-order valence-electron chi connectivity index (χ1n) is 7.71. The first kappa shape index (κ1) is 22.7. The minimum atomic E-state index is -4.45. The van der Waals surface area contributed by atoms with Gasteiger partial charge in [0, 0.05) is 0 Å². The van der Waals surface area contributed by atoms with Crippen LogP contribution in [0.4, 0.5) is 0 Å². The number of hydrogen-bond acceptors (Lipinski definition) is 4. The monoisotopic (exact) mass is 530 g/mol. The standard InChI is InChI=1S/C18H9Cl6O4P/c19-10-4-1-7-13(16(10)22)26-29(25,27-14-8-2-5-11(20)17(14)23)28-15-9-3-6-12(21)18(15)24/h1-9H. The molecule has 0 bridgehead atoms. The molecule has 3 rings (SSSR count). The Bertz CT molecular complexity index is 971. The molecule has 4 nitrogen and oxygen atoms in total. The lowest BCUT2D eigenvalue weighted by atomic mass is 10.3. The van der Waals surface area contributed by atoms with E-state index in [4.69, 9.17) is 83.2 Å². The van der Waals surface area contributed by atoms with Gasteiger partial charge in [0.2, 0.25) is 0 Å². The predicted octanol–water partition coefficient (Wildman–Crippen LogP) is 9.25. The Morgan fingerprint density at radius 1 is 0.517 bits per heavy atom. The minimum Gasteiger partial charge on any atom is -0.384 e. The van der Waals surface area contributed by atoms with Crippen LogP contribution in [0.1, 0.15) is 0 Å². The molecule has 0 amide bonds. The number of rotatable bonds is 6. The molecule has 0 N–H and O–H groups in total. The molecule has 0 unspecified atom stereocenters. The quantitative estimate of drug-likeness (QED) is 0.297. The van der Waals surface area contributed by atoms with Crippen LogP contribution in [0.25, 0.3) is 0 Å². The van der Waals surface area contributed by atoms with Gasteiger partial charge in [-0.05, 0) is 36.4 Å². The zero-order valence-electron chi connectivity index (χ0n) is 14.0. The van der Waals surface area contributed by atoms with Crippen molar-refractivity contribution in [2.45, 2.75) is 0 Å². The van der Waals surface area contributed by atoms with Crippen molar-refractivity contribution in [3.63, 3.8) is 0 Å². The fourth-order valence-electron chi connectivity index (χ4n) is 2.08. The van der Waals surface area contributed by atoms with Crippen LogP contribution in [-0.4, -0.2) is 0 Å². The smallest absolute Gasteiger partial charge is 0.384 e. The molecule has 11 heteroatoms. The van der Waals surface area contributed by atoms with Gasteiger partial charge in [0.05, 0.1) is 15.1 Å². The molecule has 0 saturated heterocycles. The molecule has 3 aromatic rings. The maximum atomic E-state index is 13.5. The molecule has 0 aliphatic carbocycles. The summed E-state index contributed by atoms with van der Waals surface area (Å²) in [7, 11) is -4.45. The first-order valence-corrected chi connectivity index (χ1v) is 11.4. The Labute approximate surface area is 196 Å². The fourth-order valence-corrected chi connectivity index (χ4v) is 4.52. The average molecular weight is 533 g/mol. The molecule has 29 heavy (non-hydrogen) atoms. The highest BCUT2D eigenvalue weighted by molar-refractivity contribution is 7.49. The van der Waals surface area contributed by atoms with Crippen LogP contribution in [-0.2, 0) is 4.57 Å². The molecule has 0 atom stereocenters. The van der Waals surface area contributed by atoms with Crippen LogP contribution in [0.15, 0.2) is 54.6 Å². The lowest BCUT2D eigenvalue weighted by Gasteiger charge is -2.21. The summed E-state index contributed by atoms with van der Waals surface area (Å²) in [6.07, 6.45) is 0. The van der Waals surface area contributed by atoms with E-state index in [1.54, 1.807) is 18.2 Å². The minimum absolute atomic E-state index is 0.0102. The highest BCUT2D eigenvalue weighted by Gasteiger charge is 2.36. The third-order valence-electron chi connectivity index (χ3n) is 3.38. The summed E-state index contributed by atoms with van der Waals surface area (Å²) in [5.74, 6) is -0.128. The summed E-state index contributed by atoms with van der Waals surface area (Å²) in [5, 5.41) is 0.565. The van der Waals surface area contributed by atoms with Crippen molar-refractivity contribution in [3.8, 4) is 17.2 Å². The summed E-state index contributed by atoms with van der Waals surface area (Å²) in [4.78, 5) is 0. The van der Waals surface area contributed by atoms with Gasteiger partial charge >= 0.3 is 7.82 Å². The molecule has 0 aliphatic heterocycles. The predicted molar refractivity (Wildman–Crippen MR) is 119 cm³/mol. The molecule has 0 aliphatic rings. The van der Waals surface area contributed by atoms with Gasteiger partial charge in [0.1, 0.15) is 15.1 Å². The fraction of sp³-hybridized carbons (Fsp3) is 0. The molecule has 152 valence electrons. The summed E-state index contributed by atoms with van der Waals surface area (Å²) in [6, 6.07) is 13.6. The van der Waals surface area contributed by atoms with E-state index in [1.165, 1.54) is 36.4 Å². The summed E-state index contributed by atoms with van der Waals surface area (Å²) >= 11 is 36.4. The molecular weight excluding hydrogens is 524 g/mol. The van der Waals surface area contributed by atoms with Crippen LogP contribution in [0.3, 0.4) is 0 Å². The van der Waals surface area contributed by atoms with Gasteiger partial charge in [0.25, 0.3) is 0 Å². The van der Waals surface area contributed by atoms with Gasteiger partial charge in [-0.2, -0.15) is 4.57 Å². The van der Waals surface area contributed by atoms with Crippen LogP contribution in [0.2, 0.25) is 30.1 Å². The van der Waals surface area contributed by atoms with Gasteiger partial charge in [-0.15, -0.1) is 0 Å². The normalized spacial score (nSPS) is 11.2. The maximum Gasteiger partial charge on any atom is 0.647 e. The average Bonchev–Trinajstić information content (AvgIpc) is 2.67. The van der Waals surface area contributed by atoms with Gasteiger partial charge in [-0.1, -0.05) is 87.8 Å². The van der Waals surface area contributed by atoms with Crippen LogP contribution in [0, 0.1) is 0 Å². The van der Waals surface area contributed by atoms with Gasteiger partial charge in [-0.25, -0.2) is 0 Å². The third kappa shape index (κ3) is 5.39. The summed E-state index contributed by atoms with van der Waals surface area (Å²) in [6.45, 7) is 0. The highest BCUT2D eigenvalue weighted by atomic mass is 35.5. The Balaban J connectivity index is 2.04. The van der Waals surface area contributed by atoms with Gasteiger partial charge < -0.3 is 13.6 Å². The van der Waals surface area contributed by atoms with E-state index in [1.807, 2.05) is 0 Å². The SMILES string of the molecule is O=P(Oc1cccc(Cl)c1Cl)(Oc1cccc(Cl)c1Cl)Oc1cccc(Cl)c1Cl. The second kappa shape index (κ2) is 9.45. The van der Waals surface area contributed by atoms with E-state index >= 15 is 0 Å². The van der Waals surface area contributed by atoms with Crippen molar-refractivity contribution in [3.05, 3.63) is 84.7 Å². The Morgan fingerprint density at radius 3 is 1.07 bits per heavy atom.